The zero-order valence-electron chi connectivity index (χ0n) is 8.96. The highest BCUT2D eigenvalue weighted by molar-refractivity contribution is 7.99. The average molecular weight is 228 g/mol. The normalized spacial score (nSPS) is 13.1. The van der Waals surface area contributed by atoms with E-state index in [-0.39, 0.29) is 6.10 Å². The molecule has 0 spiro atoms. The molecule has 15 heavy (non-hydrogen) atoms. The summed E-state index contributed by atoms with van der Waals surface area (Å²) in [5, 5.41) is 10.2. The van der Waals surface area contributed by atoms with Crippen molar-refractivity contribution in [1.29, 1.82) is 0 Å². The number of hydrogen-bond donors (Lipinski definition) is 1. The molecule has 0 saturated heterocycles. The molecule has 1 heterocycles. The lowest BCUT2D eigenvalue weighted by molar-refractivity contribution is 0.0152. The van der Waals surface area contributed by atoms with Crippen LogP contribution in [0.1, 0.15) is 13.8 Å². The van der Waals surface area contributed by atoms with E-state index in [1.165, 1.54) is 11.8 Å². The topological polar surface area (TPSA) is 55.2 Å². The van der Waals surface area contributed by atoms with Gasteiger partial charge in [-0.3, -0.25) is 0 Å². The molecular weight excluding hydrogens is 212 g/mol. The average Bonchev–Trinajstić information content (AvgIpc) is 2.25. The third-order valence-electron chi connectivity index (χ3n) is 1.57. The van der Waals surface area contributed by atoms with E-state index in [9.17, 15) is 5.11 Å². The Morgan fingerprint density at radius 3 is 2.67 bits per heavy atom. The van der Waals surface area contributed by atoms with Gasteiger partial charge in [-0.1, -0.05) is 11.8 Å². The molecule has 0 aromatic carbocycles. The molecule has 0 aliphatic carbocycles. The highest BCUT2D eigenvalue weighted by atomic mass is 32.2. The Morgan fingerprint density at radius 2 is 2.07 bits per heavy atom. The summed E-state index contributed by atoms with van der Waals surface area (Å²) in [7, 11) is 0. The van der Waals surface area contributed by atoms with Gasteiger partial charge < -0.3 is 9.84 Å². The fourth-order valence-corrected chi connectivity index (χ4v) is 1.59. The number of aliphatic hydroxyl groups is 1. The Labute approximate surface area is 94.1 Å². The van der Waals surface area contributed by atoms with Crippen molar-refractivity contribution in [2.75, 3.05) is 12.4 Å². The molecule has 0 fully saturated rings. The third kappa shape index (κ3) is 5.71. The summed E-state index contributed by atoms with van der Waals surface area (Å²) in [6.45, 7) is 4.25. The van der Waals surface area contributed by atoms with E-state index >= 15 is 0 Å². The van der Waals surface area contributed by atoms with Gasteiger partial charge in [0, 0.05) is 18.1 Å². The van der Waals surface area contributed by atoms with E-state index in [1.54, 1.807) is 18.5 Å². The predicted molar refractivity (Wildman–Crippen MR) is 59.9 cm³/mol. The molecule has 1 aromatic heterocycles. The number of nitrogens with zero attached hydrogens (tertiary/aromatic N) is 2. The molecule has 1 unspecified atom stereocenters. The van der Waals surface area contributed by atoms with Crippen LogP contribution in [0.4, 0.5) is 0 Å². The van der Waals surface area contributed by atoms with Gasteiger partial charge in [-0.05, 0) is 19.9 Å². The van der Waals surface area contributed by atoms with Gasteiger partial charge in [0.05, 0.1) is 18.8 Å². The molecule has 84 valence electrons. The van der Waals surface area contributed by atoms with Gasteiger partial charge in [-0.2, -0.15) is 0 Å². The molecular formula is C10H16N2O2S. The number of aromatic nitrogens is 2. The van der Waals surface area contributed by atoms with Crippen LogP contribution >= 0.6 is 11.8 Å². The van der Waals surface area contributed by atoms with Gasteiger partial charge in [0.2, 0.25) is 0 Å². The van der Waals surface area contributed by atoms with Crippen molar-refractivity contribution < 1.29 is 9.84 Å². The van der Waals surface area contributed by atoms with Crippen molar-refractivity contribution in [3.63, 3.8) is 0 Å². The lowest BCUT2D eigenvalue weighted by atomic mass is 10.4. The van der Waals surface area contributed by atoms with E-state index in [2.05, 4.69) is 9.97 Å². The number of thioether (sulfide) groups is 1. The van der Waals surface area contributed by atoms with Crippen LogP contribution in [0.2, 0.25) is 0 Å². The standard InChI is InChI=1S/C10H16N2O2S/c1-8(2)14-6-9(13)7-15-10-11-4-3-5-12-10/h3-5,8-9,13H,6-7H2,1-2H3. The Balaban J connectivity index is 2.19. The summed E-state index contributed by atoms with van der Waals surface area (Å²) >= 11 is 1.43. The largest absolute Gasteiger partial charge is 0.390 e. The third-order valence-corrected chi connectivity index (χ3v) is 2.59. The van der Waals surface area contributed by atoms with Gasteiger partial charge in [-0.15, -0.1) is 0 Å². The van der Waals surface area contributed by atoms with E-state index in [0.717, 1.165) is 0 Å². The van der Waals surface area contributed by atoms with Crippen molar-refractivity contribution >= 4 is 11.8 Å². The first-order chi connectivity index (χ1) is 7.18. The predicted octanol–water partition coefficient (Wildman–Crippen LogP) is 1.35. The molecule has 1 rings (SSSR count). The number of ether oxygens (including phenoxy) is 1. The van der Waals surface area contributed by atoms with E-state index < -0.39 is 6.10 Å². The van der Waals surface area contributed by atoms with Crippen LogP contribution in [0, 0.1) is 0 Å². The van der Waals surface area contributed by atoms with Crippen molar-refractivity contribution in [2.45, 2.75) is 31.2 Å². The summed E-state index contributed by atoms with van der Waals surface area (Å²) < 4.78 is 5.29. The maximum atomic E-state index is 9.56. The van der Waals surface area contributed by atoms with Crippen molar-refractivity contribution in [3.05, 3.63) is 18.5 Å². The Morgan fingerprint density at radius 1 is 1.40 bits per heavy atom. The Bertz CT molecular complexity index is 269. The monoisotopic (exact) mass is 228 g/mol. The quantitative estimate of drug-likeness (QED) is 0.588. The first-order valence-corrected chi connectivity index (χ1v) is 5.86. The molecule has 4 nitrogen and oxygen atoms in total. The molecule has 1 aromatic rings. The van der Waals surface area contributed by atoms with Gasteiger partial charge >= 0.3 is 0 Å². The van der Waals surface area contributed by atoms with Crippen molar-refractivity contribution in [1.82, 2.24) is 9.97 Å². The van der Waals surface area contributed by atoms with Gasteiger partial charge in [0.15, 0.2) is 5.16 Å². The maximum Gasteiger partial charge on any atom is 0.187 e. The number of aliphatic hydroxyl groups excluding tert-OH is 1. The SMILES string of the molecule is CC(C)OCC(O)CSc1ncccn1. The second kappa shape index (κ2) is 6.76. The van der Waals surface area contributed by atoms with Crippen LogP contribution in [0.25, 0.3) is 0 Å². The van der Waals surface area contributed by atoms with E-state index in [0.29, 0.717) is 17.5 Å². The molecule has 0 aliphatic heterocycles. The lowest BCUT2D eigenvalue weighted by Crippen LogP contribution is -2.20. The van der Waals surface area contributed by atoms with Crippen LogP contribution in [-0.4, -0.2) is 39.6 Å². The zero-order valence-corrected chi connectivity index (χ0v) is 9.78. The summed E-state index contributed by atoms with van der Waals surface area (Å²) in [5.74, 6) is 0.552. The summed E-state index contributed by atoms with van der Waals surface area (Å²) in [6, 6.07) is 1.77. The van der Waals surface area contributed by atoms with Crippen LogP contribution in [0.15, 0.2) is 23.6 Å². The Kier molecular flexibility index (Phi) is 5.60. The Hall–Kier alpha value is -0.650. The molecule has 0 amide bonds. The summed E-state index contributed by atoms with van der Waals surface area (Å²) in [5.41, 5.74) is 0. The minimum atomic E-state index is -0.471. The lowest BCUT2D eigenvalue weighted by Gasteiger charge is -2.12. The zero-order chi connectivity index (χ0) is 11.1. The second-order valence-corrected chi connectivity index (χ2v) is 4.37. The van der Waals surface area contributed by atoms with Gasteiger partial charge in [0.1, 0.15) is 0 Å². The highest BCUT2D eigenvalue weighted by Crippen LogP contribution is 2.12. The molecule has 1 N–H and O–H groups in total. The molecule has 1 atom stereocenters. The van der Waals surface area contributed by atoms with Gasteiger partial charge in [-0.25, -0.2) is 9.97 Å². The second-order valence-electron chi connectivity index (χ2n) is 3.38. The minimum absolute atomic E-state index is 0.151. The molecule has 0 aliphatic rings. The molecule has 5 heteroatoms. The number of rotatable bonds is 6. The summed E-state index contributed by atoms with van der Waals surface area (Å²) in [4.78, 5) is 8.09. The van der Waals surface area contributed by atoms with E-state index in [1.807, 2.05) is 13.8 Å². The van der Waals surface area contributed by atoms with Crippen LogP contribution < -0.4 is 0 Å². The smallest absolute Gasteiger partial charge is 0.187 e. The van der Waals surface area contributed by atoms with Crippen LogP contribution in [0.3, 0.4) is 0 Å². The van der Waals surface area contributed by atoms with Crippen LogP contribution in [-0.2, 0) is 4.74 Å². The first kappa shape index (κ1) is 12.4. The minimum Gasteiger partial charge on any atom is -0.390 e. The van der Waals surface area contributed by atoms with Crippen molar-refractivity contribution in [2.24, 2.45) is 0 Å². The van der Waals surface area contributed by atoms with Crippen LogP contribution in [0.5, 0.6) is 0 Å². The first-order valence-electron chi connectivity index (χ1n) is 4.88. The molecule has 0 bridgehead atoms. The van der Waals surface area contributed by atoms with E-state index in [4.69, 9.17) is 4.74 Å². The maximum absolute atomic E-state index is 9.56. The molecule has 0 saturated carbocycles. The van der Waals surface area contributed by atoms with Gasteiger partial charge in [0.25, 0.3) is 0 Å². The highest BCUT2D eigenvalue weighted by Gasteiger charge is 2.07. The molecule has 0 radical (unpaired) electrons. The summed E-state index contributed by atoms with van der Waals surface area (Å²) in [6.07, 6.45) is 3.05. The van der Waals surface area contributed by atoms with Crippen molar-refractivity contribution in [3.8, 4) is 0 Å². The fourth-order valence-electron chi connectivity index (χ4n) is 0.882. The fraction of sp³-hybridized carbons (Fsp3) is 0.600. The number of hydrogen-bond acceptors (Lipinski definition) is 5.